The zero-order valence-corrected chi connectivity index (χ0v) is 10.9. The Kier molecular flexibility index (Phi) is 5.89. The topological polar surface area (TPSA) is 69.6 Å². The zero-order chi connectivity index (χ0) is 15.1. The maximum Gasteiger partial charge on any atom is 0.326 e. The van der Waals surface area contributed by atoms with Gasteiger partial charge in [0, 0.05) is 13.5 Å². The minimum Gasteiger partial charge on any atom is -0.480 e. The standard InChI is InChI=1S/C13H16F2N2O3/c1-17(8-11(14)15)13(20)16-10(12(18)19)7-9-5-3-2-4-6-9/h2-6,10-11H,7-8H2,1H3,(H,16,20)(H,18,19)/t10-/m0/s1. The Morgan fingerprint density at radius 2 is 1.90 bits per heavy atom. The fourth-order valence-corrected chi connectivity index (χ4v) is 1.60. The van der Waals surface area contributed by atoms with Crippen molar-refractivity contribution in [3.05, 3.63) is 35.9 Å². The third-order valence-electron chi connectivity index (χ3n) is 2.64. The van der Waals surface area contributed by atoms with Crippen molar-refractivity contribution < 1.29 is 23.5 Å². The van der Waals surface area contributed by atoms with Crippen molar-refractivity contribution in [2.45, 2.75) is 18.9 Å². The van der Waals surface area contributed by atoms with Crippen molar-refractivity contribution in [1.82, 2.24) is 10.2 Å². The van der Waals surface area contributed by atoms with Crippen LogP contribution in [0.5, 0.6) is 0 Å². The summed E-state index contributed by atoms with van der Waals surface area (Å²) in [6.07, 6.45) is -2.58. The van der Waals surface area contributed by atoms with Gasteiger partial charge >= 0.3 is 12.0 Å². The summed E-state index contributed by atoms with van der Waals surface area (Å²) in [5.41, 5.74) is 0.733. The summed E-state index contributed by atoms with van der Waals surface area (Å²) in [5.74, 6) is -1.22. The summed E-state index contributed by atoms with van der Waals surface area (Å²) in [6.45, 7) is -0.747. The van der Waals surface area contributed by atoms with Gasteiger partial charge in [-0.15, -0.1) is 0 Å². The summed E-state index contributed by atoms with van der Waals surface area (Å²) < 4.78 is 24.3. The van der Waals surface area contributed by atoms with Gasteiger partial charge in [-0.05, 0) is 5.56 Å². The van der Waals surface area contributed by atoms with Crippen LogP contribution < -0.4 is 5.32 Å². The SMILES string of the molecule is CN(CC(F)F)C(=O)N[C@@H](Cc1ccccc1)C(=O)O. The zero-order valence-electron chi connectivity index (χ0n) is 10.9. The van der Waals surface area contributed by atoms with Gasteiger partial charge in [0.2, 0.25) is 0 Å². The largest absolute Gasteiger partial charge is 0.480 e. The van der Waals surface area contributed by atoms with Crippen LogP contribution in [0.1, 0.15) is 5.56 Å². The molecule has 0 heterocycles. The number of urea groups is 1. The molecule has 0 aromatic heterocycles. The lowest BCUT2D eigenvalue weighted by atomic mass is 10.1. The van der Waals surface area contributed by atoms with Gasteiger partial charge in [-0.1, -0.05) is 30.3 Å². The number of nitrogens with one attached hydrogen (secondary N) is 1. The van der Waals surface area contributed by atoms with Crippen LogP contribution in [0, 0.1) is 0 Å². The molecule has 2 amide bonds. The van der Waals surface area contributed by atoms with Crippen LogP contribution in [0.3, 0.4) is 0 Å². The lowest BCUT2D eigenvalue weighted by Crippen LogP contribution is -2.48. The molecule has 1 rings (SSSR count). The molecule has 7 heteroatoms. The van der Waals surface area contributed by atoms with Crippen LogP contribution in [0.4, 0.5) is 13.6 Å². The number of hydrogen-bond acceptors (Lipinski definition) is 2. The van der Waals surface area contributed by atoms with Crippen molar-refractivity contribution >= 4 is 12.0 Å². The van der Waals surface area contributed by atoms with E-state index in [1.165, 1.54) is 7.05 Å². The molecule has 20 heavy (non-hydrogen) atoms. The van der Waals surface area contributed by atoms with Gasteiger partial charge < -0.3 is 15.3 Å². The average Bonchev–Trinajstić information content (AvgIpc) is 2.38. The third kappa shape index (κ3) is 5.21. The Labute approximate surface area is 115 Å². The molecule has 1 atom stereocenters. The van der Waals surface area contributed by atoms with Gasteiger partial charge in [-0.25, -0.2) is 18.4 Å². The number of alkyl halides is 2. The summed E-state index contributed by atoms with van der Waals surface area (Å²) in [4.78, 5) is 23.5. The van der Waals surface area contributed by atoms with Crippen molar-refractivity contribution in [3.63, 3.8) is 0 Å². The van der Waals surface area contributed by atoms with Crippen LogP contribution >= 0.6 is 0 Å². The first-order valence-electron chi connectivity index (χ1n) is 5.96. The van der Waals surface area contributed by atoms with Crippen LogP contribution in [0.25, 0.3) is 0 Å². The summed E-state index contributed by atoms with van der Waals surface area (Å²) >= 11 is 0. The molecule has 0 radical (unpaired) electrons. The van der Waals surface area contributed by atoms with Gasteiger partial charge in [0.25, 0.3) is 6.43 Å². The second-order valence-corrected chi connectivity index (χ2v) is 4.30. The molecule has 1 aromatic rings. The van der Waals surface area contributed by atoms with Crippen molar-refractivity contribution in [2.75, 3.05) is 13.6 Å². The van der Waals surface area contributed by atoms with Crippen LogP contribution in [0.2, 0.25) is 0 Å². The number of aliphatic carboxylic acids is 1. The Balaban J connectivity index is 2.64. The minimum absolute atomic E-state index is 0.0877. The number of amides is 2. The molecule has 110 valence electrons. The number of carboxylic acid groups (broad SMARTS) is 1. The molecular formula is C13H16F2N2O3. The first kappa shape index (κ1) is 15.9. The second kappa shape index (κ2) is 7.42. The number of hydrogen-bond donors (Lipinski definition) is 2. The first-order chi connectivity index (χ1) is 9.40. The monoisotopic (exact) mass is 286 g/mol. The van der Waals surface area contributed by atoms with Gasteiger partial charge in [0.15, 0.2) is 0 Å². The molecule has 1 aromatic carbocycles. The Morgan fingerprint density at radius 3 is 2.40 bits per heavy atom. The Morgan fingerprint density at radius 1 is 1.30 bits per heavy atom. The second-order valence-electron chi connectivity index (χ2n) is 4.30. The number of carbonyl (C=O) groups excluding carboxylic acids is 1. The van der Waals surface area contributed by atoms with Gasteiger partial charge in [0.05, 0.1) is 6.54 Å². The predicted molar refractivity (Wildman–Crippen MR) is 68.7 cm³/mol. The van der Waals surface area contributed by atoms with E-state index >= 15 is 0 Å². The number of carbonyl (C=O) groups is 2. The van der Waals surface area contributed by atoms with E-state index in [-0.39, 0.29) is 6.42 Å². The molecule has 0 aliphatic heterocycles. The van der Waals surface area contributed by atoms with Crippen LogP contribution in [-0.4, -0.2) is 48.1 Å². The van der Waals surface area contributed by atoms with Gasteiger partial charge in [-0.3, -0.25) is 0 Å². The normalized spacial score (nSPS) is 12.0. The molecule has 0 fully saturated rings. The highest BCUT2D eigenvalue weighted by Gasteiger charge is 2.23. The Hall–Kier alpha value is -2.18. The number of carboxylic acids is 1. The lowest BCUT2D eigenvalue weighted by Gasteiger charge is -2.21. The number of nitrogens with zero attached hydrogens (tertiary/aromatic N) is 1. The van der Waals surface area contributed by atoms with E-state index < -0.39 is 31.0 Å². The highest BCUT2D eigenvalue weighted by atomic mass is 19.3. The molecule has 0 saturated carbocycles. The maximum absolute atomic E-state index is 12.2. The molecule has 0 saturated heterocycles. The summed E-state index contributed by atoms with van der Waals surface area (Å²) in [5, 5.41) is 11.3. The lowest BCUT2D eigenvalue weighted by molar-refractivity contribution is -0.139. The molecule has 5 nitrogen and oxygen atoms in total. The van der Waals surface area contributed by atoms with E-state index in [9.17, 15) is 18.4 Å². The highest BCUT2D eigenvalue weighted by molar-refractivity contribution is 5.82. The van der Waals surface area contributed by atoms with E-state index in [0.29, 0.717) is 0 Å². The number of halogens is 2. The molecule has 0 spiro atoms. The van der Waals surface area contributed by atoms with Crippen LogP contribution in [-0.2, 0) is 11.2 Å². The van der Waals surface area contributed by atoms with E-state index in [1.54, 1.807) is 30.3 Å². The highest BCUT2D eigenvalue weighted by Crippen LogP contribution is 2.04. The first-order valence-corrected chi connectivity index (χ1v) is 5.96. The smallest absolute Gasteiger partial charge is 0.326 e. The maximum atomic E-state index is 12.2. The average molecular weight is 286 g/mol. The predicted octanol–water partition coefficient (Wildman–Crippen LogP) is 1.59. The van der Waals surface area contributed by atoms with Crippen molar-refractivity contribution in [3.8, 4) is 0 Å². The number of rotatable bonds is 6. The summed E-state index contributed by atoms with van der Waals surface area (Å²) in [7, 11) is 1.18. The minimum atomic E-state index is -2.66. The van der Waals surface area contributed by atoms with Gasteiger partial charge in [0.1, 0.15) is 6.04 Å². The van der Waals surface area contributed by atoms with Crippen molar-refractivity contribution in [2.24, 2.45) is 0 Å². The Bertz CT molecular complexity index is 454. The molecule has 0 bridgehead atoms. The quantitative estimate of drug-likeness (QED) is 0.834. The molecule has 2 N–H and O–H groups in total. The van der Waals surface area contributed by atoms with E-state index in [4.69, 9.17) is 5.11 Å². The molecule has 0 unspecified atom stereocenters. The fourth-order valence-electron chi connectivity index (χ4n) is 1.60. The molecular weight excluding hydrogens is 270 g/mol. The van der Waals surface area contributed by atoms with E-state index in [0.717, 1.165) is 10.5 Å². The summed E-state index contributed by atoms with van der Waals surface area (Å²) in [6, 6.07) is 6.74. The van der Waals surface area contributed by atoms with E-state index in [1.807, 2.05) is 0 Å². The van der Waals surface area contributed by atoms with Gasteiger partial charge in [-0.2, -0.15) is 0 Å². The molecule has 0 aliphatic carbocycles. The fraction of sp³-hybridized carbons (Fsp3) is 0.385. The van der Waals surface area contributed by atoms with Crippen LogP contribution in [0.15, 0.2) is 30.3 Å². The molecule has 0 aliphatic rings. The van der Waals surface area contributed by atoms with Crippen molar-refractivity contribution in [1.29, 1.82) is 0 Å². The third-order valence-corrected chi connectivity index (χ3v) is 2.64. The van der Waals surface area contributed by atoms with E-state index in [2.05, 4.69) is 5.32 Å². The number of benzene rings is 1.